The molecule has 2 rings (SSSR count). The molecule has 0 atom stereocenters. The third kappa shape index (κ3) is 2.27. The first-order valence-corrected chi connectivity index (χ1v) is 5.69. The number of hydrogen-bond donors (Lipinski definition) is 1. The fourth-order valence-electron chi connectivity index (χ4n) is 1.87. The Morgan fingerprint density at radius 1 is 1.41 bits per heavy atom. The van der Waals surface area contributed by atoms with Gasteiger partial charge >= 0.3 is 0 Å². The average Bonchev–Trinajstić information content (AvgIpc) is 2.63. The first kappa shape index (κ1) is 11.6. The Hall–Kier alpha value is -1.91. The van der Waals surface area contributed by atoms with Crippen LogP contribution in [0.5, 0.6) is 0 Å². The fourth-order valence-corrected chi connectivity index (χ4v) is 1.87. The van der Waals surface area contributed by atoms with Gasteiger partial charge in [-0.3, -0.25) is 4.98 Å². The first-order valence-electron chi connectivity index (χ1n) is 5.69. The molecule has 0 spiro atoms. The van der Waals surface area contributed by atoms with E-state index in [0.29, 0.717) is 18.3 Å². The van der Waals surface area contributed by atoms with Crippen LogP contribution in [-0.4, -0.2) is 20.0 Å². The Kier molecular flexibility index (Phi) is 3.08. The van der Waals surface area contributed by atoms with Gasteiger partial charge in [-0.05, 0) is 24.5 Å². The molecule has 5 heteroatoms. The van der Waals surface area contributed by atoms with Crippen molar-refractivity contribution in [2.75, 3.05) is 5.73 Å². The van der Waals surface area contributed by atoms with Gasteiger partial charge in [-0.15, -0.1) is 5.10 Å². The van der Waals surface area contributed by atoms with Gasteiger partial charge in [0.1, 0.15) is 0 Å². The van der Waals surface area contributed by atoms with E-state index in [1.54, 1.807) is 6.20 Å². The van der Waals surface area contributed by atoms with Crippen molar-refractivity contribution in [3.8, 4) is 0 Å². The van der Waals surface area contributed by atoms with Crippen molar-refractivity contribution >= 4 is 5.82 Å². The lowest BCUT2D eigenvalue weighted by molar-refractivity contribution is 0.588. The van der Waals surface area contributed by atoms with Crippen molar-refractivity contribution < 1.29 is 0 Å². The van der Waals surface area contributed by atoms with Gasteiger partial charge < -0.3 is 5.73 Å². The van der Waals surface area contributed by atoms with Crippen LogP contribution in [0.1, 0.15) is 36.7 Å². The first-order chi connectivity index (χ1) is 8.09. The van der Waals surface area contributed by atoms with Crippen LogP contribution in [0, 0.1) is 6.92 Å². The highest BCUT2D eigenvalue weighted by Crippen LogP contribution is 2.20. The molecule has 2 heterocycles. The summed E-state index contributed by atoms with van der Waals surface area (Å²) in [5.41, 5.74) is 8.94. The zero-order valence-electron chi connectivity index (χ0n) is 10.4. The molecule has 0 fully saturated rings. The third-order valence-corrected chi connectivity index (χ3v) is 2.77. The summed E-state index contributed by atoms with van der Waals surface area (Å²) in [5, 5.41) is 8.00. The number of aryl methyl sites for hydroxylation is 1. The normalized spacial score (nSPS) is 11.1. The van der Waals surface area contributed by atoms with E-state index < -0.39 is 0 Å². The minimum atomic E-state index is 0.300. The predicted octanol–water partition coefficient (Wildman–Crippen LogP) is 1.74. The maximum absolute atomic E-state index is 5.82. The molecule has 0 aromatic carbocycles. The second kappa shape index (κ2) is 4.53. The average molecular weight is 231 g/mol. The van der Waals surface area contributed by atoms with E-state index in [1.165, 1.54) is 0 Å². The van der Waals surface area contributed by atoms with Crippen LogP contribution >= 0.6 is 0 Å². The molecule has 0 bridgehead atoms. The smallest absolute Gasteiger partial charge is 0.169 e. The summed E-state index contributed by atoms with van der Waals surface area (Å²) in [4.78, 5) is 4.35. The van der Waals surface area contributed by atoms with E-state index in [9.17, 15) is 0 Å². The zero-order chi connectivity index (χ0) is 12.4. The summed E-state index contributed by atoms with van der Waals surface area (Å²) in [5.74, 6) is 0.808. The number of nitrogens with two attached hydrogens (primary N) is 1. The van der Waals surface area contributed by atoms with Crippen LogP contribution in [0.3, 0.4) is 0 Å². The van der Waals surface area contributed by atoms with Crippen molar-refractivity contribution in [1.82, 2.24) is 20.0 Å². The molecule has 2 N–H and O–H groups in total. The lowest BCUT2D eigenvalue weighted by Gasteiger charge is -2.10. The molecule has 0 aliphatic heterocycles. The topological polar surface area (TPSA) is 69.6 Å². The molecule has 0 unspecified atom stereocenters. The lowest BCUT2D eigenvalue weighted by Crippen LogP contribution is -2.10. The Labute approximate surface area is 101 Å². The summed E-state index contributed by atoms with van der Waals surface area (Å²) in [6.45, 7) is 6.82. The van der Waals surface area contributed by atoms with Gasteiger partial charge in [0.05, 0.1) is 17.9 Å². The maximum atomic E-state index is 5.82. The van der Waals surface area contributed by atoms with E-state index in [0.717, 1.165) is 17.0 Å². The highest BCUT2D eigenvalue weighted by molar-refractivity contribution is 5.35. The number of hydrogen-bond acceptors (Lipinski definition) is 4. The van der Waals surface area contributed by atoms with Gasteiger partial charge in [-0.1, -0.05) is 25.1 Å². The Bertz CT molecular complexity index is 515. The van der Waals surface area contributed by atoms with Crippen molar-refractivity contribution in [1.29, 1.82) is 0 Å². The number of aromatic nitrogens is 4. The van der Waals surface area contributed by atoms with Crippen LogP contribution in [0.4, 0.5) is 5.82 Å². The van der Waals surface area contributed by atoms with Gasteiger partial charge in [0, 0.05) is 6.20 Å². The zero-order valence-corrected chi connectivity index (χ0v) is 10.4. The second-order valence-corrected chi connectivity index (χ2v) is 4.44. The van der Waals surface area contributed by atoms with E-state index >= 15 is 0 Å². The van der Waals surface area contributed by atoms with Crippen LogP contribution in [-0.2, 0) is 6.54 Å². The Balaban J connectivity index is 2.34. The second-order valence-electron chi connectivity index (χ2n) is 4.44. The molecule has 0 aliphatic carbocycles. The lowest BCUT2D eigenvalue weighted by atomic mass is 10.1. The van der Waals surface area contributed by atoms with Crippen LogP contribution in [0.2, 0.25) is 0 Å². The van der Waals surface area contributed by atoms with Crippen LogP contribution in [0.25, 0.3) is 0 Å². The van der Waals surface area contributed by atoms with E-state index in [1.807, 2.05) is 23.7 Å². The van der Waals surface area contributed by atoms with E-state index in [2.05, 4.69) is 29.1 Å². The van der Waals surface area contributed by atoms with E-state index in [4.69, 9.17) is 5.73 Å². The predicted molar refractivity (Wildman–Crippen MR) is 66.6 cm³/mol. The molecule has 5 nitrogen and oxygen atoms in total. The van der Waals surface area contributed by atoms with Crippen molar-refractivity contribution in [2.24, 2.45) is 0 Å². The number of pyridine rings is 1. The van der Waals surface area contributed by atoms with Gasteiger partial charge in [-0.2, -0.15) is 0 Å². The Morgan fingerprint density at radius 3 is 2.82 bits per heavy atom. The number of nitrogen functional groups attached to an aromatic ring is 1. The standard InChI is InChI=1S/C12H17N5/c1-8(2)11-12(13)15-16-17(11)7-10-9(3)5-4-6-14-10/h4-6,8H,7,13H2,1-3H3. The highest BCUT2D eigenvalue weighted by atomic mass is 15.4. The Morgan fingerprint density at radius 2 is 2.18 bits per heavy atom. The van der Waals surface area contributed by atoms with Crippen molar-refractivity contribution in [3.63, 3.8) is 0 Å². The minimum absolute atomic E-state index is 0.300. The molecule has 0 aliphatic rings. The quantitative estimate of drug-likeness (QED) is 0.873. The van der Waals surface area contributed by atoms with Gasteiger partial charge in [-0.25, -0.2) is 4.68 Å². The molecule has 0 radical (unpaired) electrons. The van der Waals surface area contributed by atoms with Gasteiger partial charge in [0.25, 0.3) is 0 Å². The van der Waals surface area contributed by atoms with Crippen molar-refractivity contribution in [3.05, 3.63) is 35.3 Å². The molecule has 2 aromatic heterocycles. The molecular weight excluding hydrogens is 214 g/mol. The molecule has 90 valence electrons. The summed E-state index contributed by atoms with van der Waals surface area (Å²) < 4.78 is 1.83. The summed E-state index contributed by atoms with van der Waals surface area (Å²) in [6.07, 6.45) is 1.79. The fraction of sp³-hybridized carbons (Fsp3) is 0.417. The number of rotatable bonds is 3. The maximum Gasteiger partial charge on any atom is 0.169 e. The van der Waals surface area contributed by atoms with Crippen molar-refractivity contribution in [2.45, 2.75) is 33.2 Å². The molecule has 0 amide bonds. The summed E-state index contributed by atoms with van der Waals surface area (Å²) in [7, 11) is 0. The van der Waals surface area contributed by atoms with Crippen LogP contribution < -0.4 is 5.73 Å². The third-order valence-electron chi connectivity index (χ3n) is 2.77. The summed E-state index contributed by atoms with van der Waals surface area (Å²) in [6, 6.07) is 3.97. The molecule has 2 aromatic rings. The monoisotopic (exact) mass is 231 g/mol. The molecular formula is C12H17N5. The molecule has 17 heavy (non-hydrogen) atoms. The van der Waals surface area contributed by atoms with E-state index in [-0.39, 0.29) is 0 Å². The molecule has 0 saturated heterocycles. The van der Waals surface area contributed by atoms with Gasteiger partial charge in [0.2, 0.25) is 0 Å². The number of anilines is 1. The highest BCUT2D eigenvalue weighted by Gasteiger charge is 2.14. The number of nitrogens with zero attached hydrogens (tertiary/aromatic N) is 4. The summed E-state index contributed by atoms with van der Waals surface area (Å²) >= 11 is 0. The van der Waals surface area contributed by atoms with Gasteiger partial charge in [0.15, 0.2) is 5.82 Å². The SMILES string of the molecule is Cc1cccnc1Cn1nnc(N)c1C(C)C. The minimum Gasteiger partial charge on any atom is -0.381 e. The largest absolute Gasteiger partial charge is 0.381 e. The molecule has 0 saturated carbocycles. The van der Waals surface area contributed by atoms with Crippen LogP contribution in [0.15, 0.2) is 18.3 Å².